The van der Waals surface area contributed by atoms with Gasteiger partial charge in [-0.05, 0) is 43.7 Å². The average molecular weight is 296 g/mol. The molecule has 2 aromatic heterocycles. The van der Waals surface area contributed by atoms with Crippen LogP contribution in [0.1, 0.15) is 17.1 Å². The van der Waals surface area contributed by atoms with E-state index in [0.29, 0.717) is 0 Å². The van der Waals surface area contributed by atoms with E-state index < -0.39 is 0 Å². The maximum Gasteiger partial charge on any atom is 0.196 e. The predicted molar refractivity (Wildman–Crippen MR) is 84.6 cm³/mol. The first-order valence-electron chi connectivity index (χ1n) is 6.76. The minimum atomic E-state index is 0.783. The van der Waals surface area contributed by atoms with Crippen LogP contribution in [0.4, 0.5) is 0 Å². The van der Waals surface area contributed by atoms with Gasteiger partial charge in [-0.25, -0.2) is 0 Å². The first kappa shape index (κ1) is 13.8. The maximum absolute atomic E-state index is 4.34. The molecule has 0 aliphatic rings. The fourth-order valence-corrected chi connectivity index (χ4v) is 3.04. The van der Waals surface area contributed by atoms with Crippen LogP contribution in [0, 0.1) is 13.8 Å². The zero-order valence-electron chi connectivity index (χ0n) is 12.0. The van der Waals surface area contributed by atoms with E-state index in [9.17, 15) is 0 Å². The van der Waals surface area contributed by atoms with Gasteiger partial charge in [-0.3, -0.25) is 9.55 Å². The molecule has 5 heteroatoms. The van der Waals surface area contributed by atoms with Crippen molar-refractivity contribution in [1.82, 2.24) is 19.7 Å². The van der Waals surface area contributed by atoms with Crippen LogP contribution in [0.3, 0.4) is 0 Å². The summed E-state index contributed by atoms with van der Waals surface area (Å²) in [6.45, 7) is 4.06. The lowest BCUT2D eigenvalue weighted by Crippen LogP contribution is -1.99. The van der Waals surface area contributed by atoms with Crippen molar-refractivity contribution in [3.05, 3.63) is 65.7 Å². The Labute approximate surface area is 128 Å². The smallest absolute Gasteiger partial charge is 0.196 e. The van der Waals surface area contributed by atoms with Crippen LogP contribution in [0.5, 0.6) is 0 Å². The number of nitrogens with zero attached hydrogens (tertiary/aromatic N) is 4. The quantitative estimate of drug-likeness (QED) is 0.690. The summed E-state index contributed by atoms with van der Waals surface area (Å²) in [4.78, 5) is 4.34. The van der Waals surface area contributed by atoms with Crippen molar-refractivity contribution in [3.63, 3.8) is 0 Å². The van der Waals surface area contributed by atoms with Crippen molar-refractivity contribution in [1.29, 1.82) is 0 Å². The van der Waals surface area contributed by atoms with Gasteiger partial charge in [0.15, 0.2) is 5.16 Å². The van der Waals surface area contributed by atoms with Crippen LogP contribution in [0.25, 0.3) is 5.69 Å². The molecular formula is C16H16N4S. The molecule has 0 aliphatic carbocycles. The third-order valence-electron chi connectivity index (χ3n) is 3.13. The van der Waals surface area contributed by atoms with Gasteiger partial charge in [0.2, 0.25) is 0 Å². The molecular weight excluding hydrogens is 280 g/mol. The summed E-state index contributed by atoms with van der Waals surface area (Å²) >= 11 is 1.65. The fraction of sp³-hybridized carbons (Fsp3) is 0.188. The average Bonchev–Trinajstić information content (AvgIpc) is 2.87. The van der Waals surface area contributed by atoms with Crippen LogP contribution in [-0.2, 0) is 5.75 Å². The van der Waals surface area contributed by atoms with Crippen LogP contribution in [-0.4, -0.2) is 19.7 Å². The Morgan fingerprint density at radius 1 is 1.05 bits per heavy atom. The van der Waals surface area contributed by atoms with E-state index in [1.807, 2.05) is 31.3 Å². The zero-order valence-corrected chi connectivity index (χ0v) is 12.8. The summed E-state index contributed by atoms with van der Waals surface area (Å²) in [6.07, 6.45) is 1.81. The molecule has 4 nitrogen and oxygen atoms in total. The van der Waals surface area contributed by atoms with Crippen molar-refractivity contribution in [2.45, 2.75) is 24.8 Å². The molecule has 0 fully saturated rings. The van der Waals surface area contributed by atoms with Crippen molar-refractivity contribution in [2.24, 2.45) is 0 Å². The number of hydrogen-bond acceptors (Lipinski definition) is 4. The molecule has 0 saturated heterocycles. The topological polar surface area (TPSA) is 43.6 Å². The van der Waals surface area contributed by atoms with Gasteiger partial charge in [0.05, 0.1) is 5.69 Å². The second kappa shape index (κ2) is 6.10. The molecule has 0 radical (unpaired) electrons. The highest BCUT2D eigenvalue weighted by molar-refractivity contribution is 7.98. The highest BCUT2D eigenvalue weighted by Crippen LogP contribution is 2.24. The van der Waals surface area contributed by atoms with E-state index in [1.54, 1.807) is 11.8 Å². The Bertz CT molecular complexity index is 737. The third kappa shape index (κ3) is 3.13. The fourth-order valence-electron chi connectivity index (χ4n) is 2.12. The Morgan fingerprint density at radius 3 is 2.71 bits per heavy atom. The second-order valence-corrected chi connectivity index (χ2v) is 5.76. The molecule has 3 rings (SSSR count). The number of aromatic nitrogens is 4. The molecule has 0 amide bonds. The highest BCUT2D eigenvalue weighted by Gasteiger charge is 2.11. The summed E-state index contributed by atoms with van der Waals surface area (Å²) in [7, 11) is 0. The van der Waals surface area contributed by atoms with E-state index in [2.05, 4.69) is 50.9 Å². The highest BCUT2D eigenvalue weighted by atomic mass is 32.2. The lowest BCUT2D eigenvalue weighted by atomic mass is 10.2. The number of hydrogen-bond donors (Lipinski definition) is 0. The molecule has 0 unspecified atom stereocenters. The van der Waals surface area contributed by atoms with E-state index in [4.69, 9.17) is 0 Å². The number of benzene rings is 1. The van der Waals surface area contributed by atoms with Crippen LogP contribution in [0.15, 0.2) is 53.8 Å². The van der Waals surface area contributed by atoms with E-state index in [-0.39, 0.29) is 0 Å². The molecule has 106 valence electrons. The normalized spacial score (nSPS) is 10.8. The molecule has 0 saturated carbocycles. The van der Waals surface area contributed by atoms with Gasteiger partial charge in [-0.2, -0.15) is 0 Å². The Balaban J connectivity index is 1.87. The number of pyridine rings is 1. The Hall–Kier alpha value is -2.14. The Kier molecular flexibility index (Phi) is 4.01. The minimum Gasteiger partial charge on any atom is -0.274 e. The molecule has 3 aromatic rings. The second-order valence-electron chi connectivity index (χ2n) is 4.81. The van der Waals surface area contributed by atoms with Gasteiger partial charge in [0.1, 0.15) is 5.82 Å². The number of aryl methyl sites for hydroxylation is 2. The van der Waals surface area contributed by atoms with Crippen LogP contribution < -0.4 is 0 Å². The van der Waals surface area contributed by atoms with Gasteiger partial charge in [0.25, 0.3) is 0 Å². The van der Waals surface area contributed by atoms with Crippen LogP contribution in [0.2, 0.25) is 0 Å². The summed E-state index contributed by atoms with van der Waals surface area (Å²) in [5.41, 5.74) is 3.36. The first-order chi connectivity index (χ1) is 10.2. The summed E-state index contributed by atoms with van der Waals surface area (Å²) in [5, 5.41) is 9.38. The van der Waals surface area contributed by atoms with Crippen LogP contribution >= 0.6 is 11.8 Å². The summed E-state index contributed by atoms with van der Waals surface area (Å²) < 4.78 is 2.08. The van der Waals surface area contributed by atoms with Gasteiger partial charge in [0, 0.05) is 17.6 Å². The van der Waals surface area contributed by atoms with Gasteiger partial charge >= 0.3 is 0 Å². The monoisotopic (exact) mass is 296 g/mol. The number of thioether (sulfide) groups is 1. The van der Waals surface area contributed by atoms with Crippen molar-refractivity contribution < 1.29 is 0 Å². The van der Waals surface area contributed by atoms with Gasteiger partial charge in [-0.15, -0.1) is 10.2 Å². The summed E-state index contributed by atoms with van der Waals surface area (Å²) in [6, 6.07) is 14.3. The molecule has 0 aliphatic heterocycles. The molecule has 0 N–H and O–H groups in total. The molecule has 1 aromatic carbocycles. The van der Waals surface area contributed by atoms with Crippen molar-refractivity contribution in [2.75, 3.05) is 0 Å². The lowest BCUT2D eigenvalue weighted by Gasteiger charge is -2.09. The van der Waals surface area contributed by atoms with Gasteiger partial charge in [-0.1, -0.05) is 30.0 Å². The van der Waals surface area contributed by atoms with E-state index in [1.165, 1.54) is 5.56 Å². The third-order valence-corrected chi connectivity index (χ3v) is 4.09. The van der Waals surface area contributed by atoms with Crippen molar-refractivity contribution in [3.8, 4) is 5.69 Å². The summed E-state index contributed by atoms with van der Waals surface area (Å²) in [5.74, 6) is 1.68. The Morgan fingerprint density at radius 2 is 1.95 bits per heavy atom. The molecule has 2 heterocycles. The largest absolute Gasteiger partial charge is 0.274 e. The first-order valence-corrected chi connectivity index (χ1v) is 7.74. The molecule has 0 bridgehead atoms. The van der Waals surface area contributed by atoms with Crippen molar-refractivity contribution >= 4 is 11.8 Å². The standard InChI is InChI=1S/C16H16N4S/c1-12-6-5-8-15(10-12)20-13(2)18-19-16(20)21-11-14-7-3-4-9-17-14/h3-10H,11H2,1-2H3. The molecule has 21 heavy (non-hydrogen) atoms. The van der Waals surface area contributed by atoms with E-state index in [0.717, 1.165) is 28.1 Å². The van der Waals surface area contributed by atoms with Gasteiger partial charge < -0.3 is 0 Å². The maximum atomic E-state index is 4.34. The SMILES string of the molecule is Cc1cccc(-n2c(C)nnc2SCc2ccccn2)c1. The minimum absolute atomic E-state index is 0.783. The number of rotatable bonds is 4. The molecule has 0 spiro atoms. The van der Waals surface area contributed by atoms with E-state index >= 15 is 0 Å². The zero-order chi connectivity index (χ0) is 14.7. The predicted octanol–water partition coefficient (Wildman–Crippen LogP) is 3.57. The lowest BCUT2D eigenvalue weighted by molar-refractivity contribution is 0.866. The molecule has 0 atom stereocenters.